The Kier molecular flexibility index (Phi) is 5.52. The van der Waals surface area contributed by atoms with Gasteiger partial charge in [-0.3, -0.25) is 14.2 Å². The minimum atomic E-state index is -0.233. The molecule has 7 heteroatoms. The van der Waals surface area contributed by atoms with Gasteiger partial charge in [0, 0.05) is 30.3 Å². The zero-order valence-electron chi connectivity index (χ0n) is 18.1. The van der Waals surface area contributed by atoms with Gasteiger partial charge in [0.1, 0.15) is 6.33 Å². The number of imidazole rings is 1. The van der Waals surface area contributed by atoms with Crippen LogP contribution in [-0.2, 0) is 4.79 Å². The van der Waals surface area contributed by atoms with Crippen molar-refractivity contribution in [3.05, 3.63) is 84.7 Å². The SMILES string of the molecule is NC(=O)C1CCN(c2ccccc2NC(=O)c2ccc(-n3cnc4ccccc43)cc2)CC1. The lowest BCUT2D eigenvalue weighted by molar-refractivity contribution is -0.122. The maximum Gasteiger partial charge on any atom is 0.255 e. The van der Waals surface area contributed by atoms with Gasteiger partial charge in [0.2, 0.25) is 5.91 Å². The molecular formula is C26H25N5O2. The second-order valence-electron chi connectivity index (χ2n) is 8.29. The van der Waals surface area contributed by atoms with E-state index in [1.165, 1.54) is 0 Å². The number of hydrogen-bond acceptors (Lipinski definition) is 4. The van der Waals surface area contributed by atoms with Crippen LogP contribution in [-0.4, -0.2) is 34.5 Å². The van der Waals surface area contributed by atoms with E-state index in [0.717, 1.165) is 54.0 Å². The summed E-state index contributed by atoms with van der Waals surface area (Å²) in [5, 5.41) is 3.05. The van der Waals surface area contributed by atoms with Gasteiger partial charge in [0.25, 0.3) is 5.91 Å². The Morgan fingerprint density at radius 3 is 2.36 bits per heavy atom. The van der Waals surface area contributed by atoms with E-state index in [4.69, 9.17) is 5.73 Å². The number of rotatable bonds is 5. The van der Waals surface area contributed by atoms with Crippen molar-refractivity contribution in [1.82, 2.24) is 9.55 Å². The van der Waals surface area contributed by atoms with Gasteiger partial charge in [-0.2, -0.15) is 0 Å². The van der Waals surface area contributed by atoms with E-state index in [1.54, 1.807) is 6.33 Å². The van der Waals surface area contributed by atoms with Gasteiger partial charge in [-0.05, 0) is 61.4 Å². The van der Waals surface area contributed by atoms with Crippen molar-refractivity contribution < 1.29 is 9.59 Å². The van der Waals surface area contributed by atoms with Gasteiger partial charge in [-0.25, -0.2) is 4.98 Å². The number of benzene rings is 3. The Hall–Kier alpha value is -4.13. The van der Waals surface area contributed by atoms with Crippen LogP contribution in [0, 0.1) is 5.92 Å². The second kappa shape index (κ2) is 8.78. The molecule has 1 saturated heterocycles. The number of piperidine rings is 1. The molecule has 5 rings (SSSR count). The normalized spacial score (nSPS) is 14.4. The van der Waals surface area contributed by atoms with Gasteiger partial charge in [0.05, 0.1) is 22.4 Å². The minimum absolute atomic E-state index is 0.0749. The van der Waals surface area contributed by atoms with Crippen molar-refractivity contribution in [3.63, 3.8) is 0 Å². The molecule has 4 aromatic rings. The van der Waals surface area contributed by atoms with Gasteiger partial charge >= 0.3 is 0 Å². The highest BCUT2D eigenvalue weighted by atomic mass is 16.2. The summed E-state index contributed by atoms with van der Waals surface area (Å²) < 4.78 is 2.00. The standard InChI is InChI=1S/C26H25N5O2/c27-25(32)18-13-15-30(16-14-18)23-7-3-2-6-22(23)29-26(33)19-9-11-20(12-10-19)31-17-28-21-5-1-4-8-24(21)31/h1-12,17-18H,13-16H2,(H2,27,32)(H,29,33). The maximum absolute atomic E-state index is 13.0. The van der Waals surface area contributed by atoms with E-state index in [1.807, 2.05) is 77.4 Å². The van der Waals surface area contributed by atoms with Gasteiger partial charge < -0.3 is 16.0 Å². The van der Waals surface area contributed by atoms with Crippen LogP contribution in [0.2, 0.25) is 0 Å². The fourth-order valence-corrected chi connectivity index (χ4v) is 4.39. The number of anilines is 2. The molecule has 3 N–H and O–H groups in total. The first-order valence-electron chi connectivity index (χ1n) is 11.1. The average Bonchev–Trinajstić information content (AvgIpc) is 3.29. The smallest absolute Gasteiger partial charge is 0.255 e. The molecule has 33 heavy (non-hydrogen) atoms. The first kappa shape index (κ1) is 20.8. The number of fused-ring (bicyclic) bond motifs is 1. The van der Waals surface area contributed by atoms with Crippen LogP contribution in [0.25, 0.3) is 16.7 Å². The van der Waals surface area contributed by atoms with Crippen molar-refractivity contribution >= 4 is 34.2 Å². The number of carbonyl (C=O) groups excluding carboxylic acids is 2. The van der Waals surface area contributed by atoms with E-state index in [0.29, 0.717) is 5.56 Å². The summed E-state index contributed by atoms with van der Waals surface area (Å²) >= 11 is 0. The number of hydrogen-bond donors (Lipinski definition) is 2. The molecule has 0 saturated carbocycles. The molecule has 3 aromatic carbocycles. The lowest BCUT2D eigenvalue weighted by atomic mass is 9.96. The van der Waals surface area contributed by atoms with E-state index in [9.17, 15) is 9.59 Å². The summed E-state index contributed by atoms with van der Waals surface area (Å²) in [6.45, 7) is 1.46. The van der Waals surface area contributed by atoms with E-state index < -0.39 is 0 Å². The number of primary amides is 1. The zero-order valence-corrected chi connectivity index (χ0v) is 18.1. The third-order valence-corrected chi connectivity index (χ3v) is 6.25. The monoisotopic (exact) mass is 439 g/mol. The van der Waals surface area contributed by atoms with Crippen molar-refractivity contribution in [2.24, 2.45) is 11.7 Å². The summed E-state index contributed by atoms with van der Waals surface area (Å²) in [7, 11) is 0. The number of para-hydroxylation sites is 4. The second-order valence-corrected chi connectivity index (χ2v) is 8.29. The Balaban J connectivity index is 1.32. The van der Waals surface area contributed by atoms with Crippen LogP contribution in [0.15, 0.2) is 79.1 Å². The van der Waals surface area contributed by atoms with E-state index in [2.05, 4.69) is 15.2 Å². The molecule has 1 aliphatic rings. The molecule has 166 valence electrons. The summed E-state index contributed by atoms with van der Waals surface area (Å²) in [5.74, 6) is -0.478. The molecule has 0 aliphatic carbocycles. The molecular weight excluding hydrogens is 414 g/mol. The highest BCUT2D eigenvalue weighted by molar-refractivity contribution is 6.06. The maximum atomic E-state index is 13.0. The molecule has 1 fully saturated rings. The summed E-state index contributed by atoms with van der Waals surface area (Å²) in [6, 6.07) is 23.2. The number of aromatic nitrogens is 2. The Labute approximate surface area is 191 Å². The molecule has 0 atom stereocenters. The third-order valence-electron chi connectivity index (χ3n) is 6.25. The van der Waals surface area contributed by atoms with Crippen LogP contribution >= 0.6 is 0 Å². The number of nitrogens with two attached hydrogens (primary N) is 1. The summed E-state index contributed by atoms with van der Waals surface area (Å²) in [4.78, 5) is 31.1. The first-order valence-corrected chi connectivity index (χ1v) is 11.1. The van der Waals surface area contributed by atoms with Crippen molar-refractivity contribution in [3.8, 4) is 5.69 Å². The van der Waals surface area contributed by atoms with Crippen LogP contribution in [0.5, 0.6) is 0 Å². The minimum Gasteiger partial charge on any atom is -0.370 e. The Morgan fingerprint density at radius 1 is 0.909 bits per heavy atom. The van der Waals surface area contributed by atoms with Crippen LogP contribution in [0.3, 0.4) is 0 Å². The van der Waals surface area contributed by atoms with Crippen LogP contribution in [0.1, 0.15) is 23.2 Å². The third kappa shape index (κ3) is 4.17. The topological polar surface area (TPSA) is 93.3 Å². The predicted molar refractivity (Wildman–Crippen MR) is 130 cm³/mol. The predicted octanol–water partition coefficient (Wildman–Crippen LogP) is 3.98. The van der Waals surface area contributed by atoms with E-state index >= 15 is 0 Å². The fraction of sp³-hybridized carbons (Fsp3) is 0.192. The molecule has 0 spiro atoms. The van der Waals surface area contributed by atoms with Crippen molar-refractivity contribution in [1.29, 1.82) is 0 Å². The zero-order chi connectivity index (χ0) is 22.8. The fourth-order valence-electron chi connectivity index (χ4n) is 4.39. The van der Waals surface area contributed by atoms with Crippen molar-refractivity contribution in [2.75, 3.05) is 23.3 Å². The molecule has 1 aromatic heterocycles. The molecule has 7 nitrogen and oxygen atoms in total. The highest BCUT2D eigenvalue weighted by Gasteiger charge is 2.24. The molecule has 0 radical (unpaired) electrons. The van der Waals surface area contributed by atoms with Crippen LogP contribution in [0.4, 0.5) is 11.4 Å². The number of amides is 2. The van der Waals surface area contributed by atoms with Gasteiger partial charge in [-0.1, -0.05) is 24.3 Å². The van der Waals surface area contributed by atoms with Gasteiger partial charge in [0.15, 0.2) is 0 Å². The molecule has 0 unspecified atom stereocenters. The molecule has 2 heterocycles. The van der Waals surface area contributed by atoms with E-state index in [-0.39, 0.29) is 17.7 Å². The molecule has 0 bridgehead atoms. The number of nitrogens with one attached hydrogen (secondary N) is 1. The number of carbonyl (C=O) groups is 2. The average molecular weight is 440 g/mol. The molecule has 2 amide bonds. The first-order chi connectivity index (χ1) is 16.1. The largest absolute Gasteiger partial charge is 0.370 e. The quantitative estimate of drug-likeness (QED) is 0.492. The number of nitrogens with zero attached hydrogens (tertiary/aromatic N) is 3. The van der Waals surface area contributed by atoms with Gasteiger partial charge in [-0.15, -0.1) is 0 Å². The van der Waals surface area contributed by atoms with Crippen LogP contribution < -0.4 is 16.0 Å². The lowest BCUT2D eigenvalue weighted by Crippen LogP contribution is -2.38. The Morgan fingerprint density at radius 2 is 1.61 bits per heavy atom. The lowest BCUT2D eigenvalue weighted by Gasteiger charge is -2.33. The summed E-state index contributed by atoms with van der Waals surface area (Å²) in [5.41, 5.74) is 10.6. The van der Waals surface area contributed by atoms with Crippen molar-refractivity contribution in [2.45, 2.75) is 12.8 Å². The Bertz CT molecular complexity index is 1300. The highest BCUT2D eigenvalue weighted by Crippen LogP contribution is 2.30. The summed E-state index contributed by atoms with van der Waals surface area (Å²) in [6.07, 6.45) is 3.24. The molecule has 1 aliphatic heterocycles.